The van der Waals surface area contributed by atoms with E-state index in [0.29, 0.717) is 19.0 Å². The van der Waals surface area contributed by atoms with Gasteiger partial charge < -0.3 is 19.8 Å². The molecule has 0 aliphatic heterocycles. The molecule has 4 aromatic rings. The molecule has 4 rings (SSSR count). The van der Waals surface area contributed by atoms with Crippen LogP contribution < -0.4 is 5.32 Å². The molecular formula is C20H21N5O3S2. The van der Waals surface area contributed by atoms with Gasteiger partial charge in [0, 0.05) is 23.7 Å². The van der Waals surface area contributed by atoms with Gasteiger partial charge in [-0.05, 0) is 19.1 Å². The Morgan fingerprint density at radius 1 is 1.23 bits per heavy atom. The Bertz CT molecular complexity index is 1150. The SMILES string of the molecule is COCCOCC(=O)NCc1nc(-c2ccc3ncsc3c2)c(-c2nc(C)cs2)[nH]1. The number of fused-ring (bicyclic) bond motifs is 1. The molecule has 1 amide bonds. The predicted octanol–water partition coefficient (Wildman–Crippen LogP) is 3.40. The van der Waals surface area contributed by atoms with Gasteiger partial charge >= 0.3 is 0 Å². The summed E-state index contributed by atoms with van der Waals surface area (Å²) in [5.41, 5.74) is 6.38. The van der Waals surface area contributed by atoms with Crippen LogP contribution in [0.15, 0.2) is 29.1 Å². The van der Waals surface area contributed by atoms with Gasteiger partial charge in [-0.3, -0.25) is 4.79 Å². The number of amides is 1. The molecular weight excluding hydrogens is 422 g/mol. The summed E-state index contributed by atoms with van der Waals surface area (Å²) in [6.07, 6.45) is 0. The normalized spacial score (nSPS) is 11.3. The number of aromatic nitrogens is 4. The van der Waals surface area contributed by atoms with Crippen molar-refractivity contribution in [2.75, 3.05) is 26.9 Å². The van der Waals surface area contributed by atoms with E-state index in [9.17, 15) is 4.79 Å². The second-order valence-corrected chi connectivity index (χ2v) is 8.30. The summed E-state index contributed by atoms with van der Waals surface area (Å²) in [5, 5.41) is 5.69. The van der Waals surface area contributed by atoms with E-state index in [0.717, 1.165) is 37.9 Å². The first-order chi connectivity index (χ1) is 14.6. The van der Waals surface area contributed by atoms with Crippen molar-refractivity contribution in [3.05, 3.63) is 40.6 Å². The predicted molar refractivity (Wildman–Crippen MR) is 118 cm³/mol. The highest BCUT2D eigenvalue weighted by atomic mass is 32.1. The van der Waals surface area contributed by atoms with Crippen LogP contribution in [0.3, 0.4) is 0 Å². The summed E-state index contributed by atoms with van der Waals surface area (Å²) in [4.78, 5) is 29.0. The monoisotopic (exact) mass is 443 g/mol. The molecule has 2 N–H and O–H groups in total. The van der Waals surface area contributed by atoms with Crippen LogP contribution in [-0.4, -0.2) is 52.8 Å². The van der Waals surface area contributed by atoms with E-state index >= 15 is 0 Å². The van der Waals surface area contributed by atoms with E-state index in [4.69, 9.17) is 14.5 Å². The molecule has 0 aliphatic rings. The average molecular weight is 444 g/mol. The van der Waals surface area contributed by atoms with Gasteiger partial charge in [-0.2, -0.15) is 0 Å². The van der Waals surface area contributed by atoms with Crippen molar-refractivity contribution in [1.82, 2.24) is 25.3 Å². The number of carbonyl (C=O) groups is 1. The minimum absolute atomic E-state index is 0.0164. The Balaban J connectivity index is 1.56. The van der Waals surface area contributed by atoms with E-state index < -0.39 is 0 Å². The maximum atomic E-state index is 12.0. The molecule has 156 valence electrons. The third-order valence-electron chi connectivity index (χ3n) is 4.31. The molecule has 0 fully saturated rings. The zero-order valence-electron chi connectivity index (χ0n) is 16.6. The molecule has 0 unspecified atom stereocenters. The van der Waals surface area contributed by atoms with Crippen LogP contribution in [0.5, 0.6) is 0 Å². The van der Waals surface area contributed by atoms with Gasteiger partial charge in [-0.15, -0.1) is 22.7 Å². The van der Waals surface area contributed by atoms with E-state index in [1.165, 1.54) is 0 Å². The number of carbonyl (C=O) groups excluding carboxylic acids is 1. The number of methoxy groups -OCH3 is 1. The highest BCUT2D eigenvalue weighted by Crippen LogP contribution is 2.34. The topological polar surface area (TPSA) is 102 Å². The van der Waals surface area contributed by atoms with Gasteiger partial charge in [0.25, 0.3) is 0 Å². The number of aromatic amines is 1. The second-order valence-electron chi connectivity index (χ2n) is 6.56. The van der Waals surface area contributed by atoms with Gasteiger partial charge in [-0.25, -0.2) is 15.0 Å². The molecule has 30 heavy (non-hydrogen) atoms. The van der Waals surface area contributed by atoms with Crippen molar-refractivity contribution in [3.63, 3.8) is 0 Å². The van der Waals surface area contributed by atoms with Crippen molar-refractivity contribution in [3.8, 4) is 22.0 Å². The smallest absolute Gasteiger partial charge is 0.246 e. The molecule has 0 aliphatic carbocycles. The lowest BCUT2D eigenvalue weighted by atomic mass is 10.1. The molecule has 1 aromatic carbocycles. The van der Waals surface area contributed by atoms with E-state index in [-0.39, 0.29) is 19.1 Å². The summed E-state index contributed by atoms with van der Waals surface area (Å²) in [6.45, 7) is 3.05. The van der Waals surface area contributed by atoms with Crippen molar-refractivity contribution in [2.24, 2.45) is 0 Å². The van der Waals surface area contributed by atoms with E-state index in [2.05, 4.69) is 26.3 Å². The number of rotatable bonds is 9. The summed E-state index contributed by atoms with van der Waals surface area (Å²) < 4.78 is 11.2. The number of nitrogens with zero attached hydrogens (tertiary/aromatic N) is 3. The Kier molecular flexibility index (Phi) is 6.48. The fourth-order valence-corrected chi connectivity index (χ4v) is 4.39. The average Bonchev–Trinajstić information content (AvgIpc) is 3.48. The fraction of sp³-hybridized carbons (Fsp3) is 0.300. The Morgan fingerprint density at radius 2 is 2.13 bits per heavy atom. The van der Waals surface area contributed by atoms with Crippen molar-refractivity contribution < 1.29 is 14.3 Å². The number of ether oxygens (including phenoxy) is 2. The lowest BCUT2D eigenvalue weighted by Gasteiger charge is -2.04. The Hall–Kier alpha value is -2.66. The number of benzene rings is 1. The summed E-state index contributed by atoms with van der Waals surface area (Å²) in [5.74, 6) is 0.448. The highest BCUT2D eigenvalue weighted by molar-refractivity contribution is 7.16. The molecule has 3 aromatic heterocycles. The number of nitrogens with one attached hydrogen (secondary N) is 2. The lowest BCUT2D eigenvalue weighted by molar-refractivity contribution is -0.126. The summed E-state index contributed by atoms with van der Waals surface area (Å²) in [7, 11) is 1.59. The first-order valence-electron chi connectivity index (χ1n) is 9.32. The largest absolute Gasteiger partial charge is 0.382 e. The van der Waals surface area contributed by atoms with Crippen LogP contribution in [0.25, 0.3) is 32.2 Å². The van der Waals surface area contributed by atoms with Gasteiger partial charge in [-0.1, -0.05) is 6.07 Å². The van der Waals surface area contributed by atoms with Crippen molar-refractivity contribution >= 4 is 38.8 Å². The number of hydrogen-bond acceptors (Lipinski definition) is 8. The van der Waals surface area contributed by atoms with E-state index in [1.807, 2.05) is 29.9 Å². The second kappa shape index (κ2) is 9.43. The minimum Gasteiger partial charge on any atom is -0.382 e. The van der Waals surface area contributed by atoms with Crippen molar-refractivity contribution in [1.29, 1.82) is 0 Å². The Morgan fingerprint density at radius 3 is 2.93 bits per heavy atom. The first-order valence-corrected chi connectivity index (χ1v) is 11.1. The number of thiazole rings is 2. The van der Waals surface area contributed by atoms with Gasteiger partial charge in [0.15, 0.2) is 0 Å². The zero-order chi connectivity index (χ0) is 20.9. The fourth-order valence-electron chi connectivity index (χ4n) is 2.88. The molecule has 0 radical (unpaired) electrons. The molecule has 0 saturated carbocycles. The highest BCUT2D eigenvalue weighted by Gasteiger charge is 2.18. The van der Waals surface area contributed by atoms with Crippen LogP contribution in [0.2, 0.25) is 0 Å². The summed E-state index contributed by atoms with van der Waals surface area (Å²) >= 11 is 3.15. The number of imidazole rings is 1. The number of aryl methyl sites for hydroxylation is 1. The van der Waals surface area contributed by atoms with Crippen LogP contribution in [0.1, 0.15) is 11.5 Å². The third-order valence-corrected chi connectivity index (χ3v) is 6.08. The molecule has 10 heteroatoms. The molecule has 3 heterocycles. The van der Waals surface area contributed by atoms with E-state index in [1.54, 1.807) is 29.8 Å². The third kappa shape index (κ3) is 4.73. The molecule has 0 saturated heterocycles. The van der Waals surface area contributed by atoms with Crippen LogP contribution in [-0.2, 0) is 20.8 Å². The lowest BCUT2D eigenvalue weighted by Crippen LogP contribution is -2.28. The van der Waals surface area contributed by atoms with Crippen LogP contribution in [0.4, 0.5) is 0 Å². The first kappa shape index (κ1) is 20.6. The maximum Gasteiger partial charge on any atom is 0.246 e. The number of hydrogen-bond donors (Lipinski definition) is 2. The van der Waals surface area contributed by atoms with Gasteiger partial charge in [0.1, 0.15) is 23.1 Å². The molecule has 0 spiro atoms. The molecule has 8 nitrogen and oxygen atoms in total. The number of H-pyrrole nitrogens is 1. The molecule has 0 bridgehead atoms. The maximum absolute atomic E-state index is 12.0. The minimum atomic E-state index is -0.207. The van der Waals surface area contributed by atoms with Crippen LogP contribution in [0, 0.1) is 6.92 Å². The van der Waals surface area contributed by atoms with Crippen molar-refractivity contribution in [2.45, 2.75) is 13.5 Å². The van der Waals surface area contributed by atoms with Gasteiger partial charge in [0.05, 0.1) is 41.2 Å². The van der Waals surface area contributed by atoms with Gasteiger partial charge in [0.2, 0.25) is 5.91 Å². The summed E-state index contributed by atoms with van der Waals surface area (Å²) in [6, 6.07) is 6.08. The zero-order valence-corrected chi connectivity index (χ0v) is 18.2. The Labute approximate surface area is 181 Å². The standard InChI is InChI=1S/C20H21N5O3S2/c1-12-10-29-20(23-12)19-18(13-3-4-14-15(7-13)30-11-22-14)24-16(25-19)8-21-17(26)9-28-6-5-27-2/h3-4,7,10-11H,5-6,8-9H2,1-2H3,(H,21,26)(H,24,25). The molecule has 0 atom stereocenters. The van der Waals surface area contributed by atoms with Crippen LogP contribution >= 0.6 is 22.7 Å². The quantitative estimate of drug-likeness (QED) is 0.385.